The van der Waals surface area contributed by atoms with Gasteiger partial charge in [0.2, 0.25) is 0 Å². The lowest BCUT2D eigenvalue weighted by molar-refractivity contribution is 0.157. The molecule has 0 atom stereocenters. The van der Waals surface area contributed by atoms with Crippen LogP contribution in [0.5, 0.6) is 11.5 Å². The standard InChI is InChI=1S/C12H17NO3/c1-4-13(5-2)12(14)16-11-8-6-10(15-3)7-9-11/h6-9H,4-5H2,1-3H3. The molecule has 4 nitrogen and oxygen atoms in total. The highest BCUT2D eigenvalue weighted by Gasteiger charge is 2.11. The molecule has 0 fully saturated rings. The molecule has 4 heteroatoms. The number of carbonyl (C=O) groups is 1. The maximum atomic E-state index is 11.6. The van der Waals surface area contributed by atoms with E-state index in [1.165, 1.54) is 0 Å². The highest BCUT2D eigenvalue weighted by Crippen LogP contribution is 2.17. The van der Waals surface area contributed by atoms with E-state index in [0.29, 0.717) is 18.8 Å². The molecule has 1 aromatic carbocycles. The Balaban J connectivity index is 2.62. The van der Waals surface area contributed by atoms with Crippen LogP contribution in [0.3, 0.4) is 0 Å². The quantitative estimate of drug-likeness (QED) is 0.787. The van der Waals surface area contributed by atoms with E-state index >= 15 is 0 Å². The lowest BCUT2D eigenvalue weighted by Gasteiger charge is -2.17. The van der Waals surface area contributed by atoms with E-state index in [2.05, 4.69) is 0 Å². The highest BCUT2D eigenvalue weighted by atomic mass is 16.6. The summed E-state index contributed by atoms with van der Waals surface area (Å²) in [6.45, 7) is 5.12. The minimum atomic E-state index is -0.324. The topological polar surface area (TPSA) is 38.8 Å². The summed E-state index contributed by atoms with van der Waals surface area (Å²) in [6, 6.07) is 6.93. The van der Waals surface area contributed by atoms with Crippen molar-refractivity contribution in [2.45, 2.75) is 13.8 Å². The summed E-state index contributed by atoms with van der Waals surface area (Å²) >= 11 is 0. The van der Waals surface area contributed by atoms with Crippen LogP contribution in [0.1, 0.15) is 13.8 Å². The average molecular weight is 223 g/mol. The van der Waals surface area contributed by atoms with Crippen molar-refractivity contribution in [3.8, 4) is 11.5 Å². The van der Waals surface area contributed by atoms with E-state index in [4.69, 9.17) is 9.47 Å². The Hall–Kier alpha value is -1.71. The Morgan fingerprint density at radius 1 is 1.12 bits per heavy atom. The molecule has 88 valence electrons. The van der Waals surface area contributed by atoms with Crippen molar-refractivity contribution in [3.05, 3.63) is 24.3 Å². The molecule has 0 unspecified atom stereocenters. The maximum absolute atomic E-state index is 11.6. The van der Waals surface area contributed by atoms with Gasteiger partial charge in [-0.15, -0.1) is 0 Å². The van der Waals surface area contributed by atoms with E-state index in [9.17, 15) is 4.79 Å². The van der Waals surface area contributed by atoms with Gasteiger partial charge >= 0.3 is 6.09 Å². The molecule has 16 heavy (non-hydrogen) atoms. The largest absolute Gasteiger partial charge is 0.497 e. The second-order valence-electron chi connectivity index (χ2n) is 3.22. The number of ether oxygens (including phenoxy) is 2. The average Bonchev–Trinajstić information content (AvgIpc) is 2.31. The van der Waals surface area contributed by atoms with Crippen LogP contribution in [0.4, 0.5) is 4.79 Å². The molecule has 1 amide bonds. The lowest BCUT2D eigenvalue weighted by atomic mass is 10.3. The first-order chi connectivity index (χ1) is 7.71. The summed E-state index contributed by atoms with van der Waals surface area (Å²) in [5.41, 5.74) is 0. The molecule has 1 rings (SSSR count). The Labute approximate surface area is 95.8 Å². The number of amides is 1. The van der Waals surface area contributed by atoms with E-state index < -0.39 is 0 Å². The van der Waals surface area contributed by atoms with Crippen molar-refractivity contribution in [2.75, 3.05) is 20.2 Å². The normalized spacial score (nSPS) is 9.69. The first-order valence-corrected chi connectivity index (χ1v) is 5.32. The molecular formula is C12H17NO3. The third kappa shape index (κ3) is 3.15. The molecule has 0 aliphatic heterocycles. The van der Waals surface area contributed by atoms with Crippen molar-refractivity contribution in [3.63, 3.8) is 0 Å². The fourth-order valence-electron chi connectivity index (χ4n) is 1.29. The van der Waals surface area contributed by atoms with Gasteiger partial charge in [-0.25, -0.2) is 4.79 Å². The Morgan fingerprint density at radius 2 is 1.62 bits per heavy atom. The van der Waals surface area contributed by atoms with Gasteiger partial charge in [0, 0.05) is 13.1 Å². The smallest absolute Gasteiger partial charge is 0.415 e. The second kappa shape index (κ2) is 6.00. The minimum absolute atomic E-state index is 0.324. The van der Waals surface area contributed by atoms with Crippen molar-refractivity contribution in [1.82, 2.24) is 4.90 Å². The SMILES string of the molecule is CCN(CC)C(=O)Oc1ccc(OC)cc1. The minimum Gasteiger partial charge on any atom is -0.497 e. The Bertz CT molecular complexity index is 331. The number of nitrogens with zero attached hydrogens (tertiary/aromatic N) is 1. The van der Waals surface area contributed by atoms with Crippen LogP contribution in [0.15, 0.2) is 24.3 Å². The monoisotopic (exact) mass is 223 g/mol. The third-order valence-electron chi connectivity index (χ3n) is 2.29. The summed E-state index contributed by atoms with van der Waals surface area (Å²) in [7, 11) is 1.59. The van der Waals surface area contributed by atoms with Crippen LogP contribution in [-0.4, -0.2) is 31.2 Å². The number of hydrogen-bond donors (Lipinski definition) is 0. The summed E-state index contributed by atoms with van der Waals surface area (Å²) in [5, 5.41) is 0. The molecule has 0 aliphatic rings. The van der Waals surface area contributed by atoms with Gasteiger partial charge in [0.05, 0.1) is 7.11 Å². The molecule has 0 spiro atoms. The van der Waals surface area contributed by atoms with E-state index in [1.807, 2.05) is 13.8 Å². The molecule has 0 aliphatic carbocycles. The van der Waals surface area contributed by atoms with E-state index in [0.717, 1.165) is 5.75 Å². The van der Waals surface area contributed by atoms with Gasteiger partial charge in [-0.3, -0.25) is 0 Å². The van der Waals surface area contributed by atoms with Gasteiger partial charge < -0.3 is 14.4 Å². The Morgan fingerprint density at radius 3 is 2.06 bits per heavy atom. The summed E-state index contributed by atoms with van der Waals surface area (Å²) in [4.78, 5) is 13.2. The van der Waals surface area contributed by atoms with Gasteiger partial charge in [0.25, 0.3) is 0 Å². The van der Waals surface area contributed by atoms with Crippen molar-refractivity contribution < 1.29 is 14.3 Å². The molecule has 0 heterocycles. The number of carbonyl (C=O) groups excluding carboxylic acids is 1. The molecule has 1 aromatic rings. The molecule has 0 N–H and O–H groups in total. The molecular weight excluding hydrogens is 206 g/mol. The van der Waals surface area contributed by atoms with Crippen LogP contribution in [0.2, 0.25) is 0 Å². The molecule has 0 saturated heterocycles. The van der Waals surface area contributed by atoms with Crippen molar-refractivity contribution in [1.29, 1.82) is 0 Å². The highest BCUT2D eigenvalue weighted by molar-refractivity contribution is 5.70. The van der Waals surface area contributed by atoms with Gasteiger partial charge in [-0.1, -0.05) is 0 Å². The van der Waals surface area contributed by atoms with Gasteiger partial charge in [-0.05, 0) is 38.1 Å². The van der Waals surface area contributed by atoms with E-state index in [-0.39, 0.29) is 6.09 Å². The van der Waals surface area contributed by atoms with Crippen LogP contribution < -0.4 is 9.47 Å². The maximum Gasteiger partial charge on any atom is 0.415 e. The molecule has 0 radical (unpaired) electrons. The number of rotatable bonds is 4. The predicted octanol–water partition coefficient (Wildman–Crippen LogP) is 2.54. The van der Waals surface area contributed by atoms with Gasteiger partial charge in [0.15, 0.2) is 0 Å². The lowest BCUT2D eigenvalue weighted by Crippen LogP contribution is -2.33. The summed E-state index contributed by atoms with van der Waals surface area (Å²) < 4.78 is 10.2. The zero-order valence-electron chi connectivity index (χ0n) is 9.90. The van der Waals surface area contributed by atoms with Crippen LogP contribution in [-0.2, 0) is 0 Å². The molecule has 0 bridgehead atoms. The van der Waals surface area contributed by atoms with Crippen LogP contribution in [0, 0.1) is 0 Å². The Kier molecular flexibility index (Phi) is 4.64. The third-order valence-corrected chi connectivity index (χ3v) is 2.29. The predicted molar refractivity (Wildman–Crippen MR) is 61.9 cm³/mol. The zero-order valence-corrected chi connectivity index (χ0v) is 9.90. The summed E-state index contributed by atoms with van der Waals surface area (Å²) in [5.74, 6) is 1.26. The molecule has 0 saturated carbocycles. The van der Waals surface area contributed by atoms with Crippen molar-refractivity contribution in [2.24, 2.45) is 0 Å². The first-order valence-electron chi connectivity index (χ1n) is 5.32. The van der Waals surface area contributed by atoms with Crippen LogP contribution >= 0.6 is 0 Å². The zero-order chi connectivity index (χ0) is 12.0. The first kappa shape index (κ1) is 12.4. The number of benzene rings is 1. The molecule has 0 aromatic heterocycles. The fourth-order valence-corrected chi connectivity index (χ4v) is 1.29. The summed E-state index contributed by atoms with van der Waals surface area (Å²) in [6.07, 6.45) is -0.324. The fraction of sp³-hybridized carbons (Fsp3) is 0.417. The van der Waals surface area contributed by atoms with Gasteiger partial charge in [-0.2, -0.15) is 0 Å². The second-order valence-corrected chi connectivity index (χ2v) is 3.22. The van der Waals surface area contributed by atoms with Crippen molar-refractivity contribution >= 4 is 6.09 Å². The van der Waals surface area contributed by atoms with Gasteiger partial charge in [0.1, 0.15) is 11.5 Å². The van der Waals surface area contributed by atoms with E-state index in [1.54, 1.807) is 36.3 Å². The number of methoxy groups -OCH3 is 1. The number of hydrogen-bond acceptors (Lipinski definition) is 3. The van der Waals surface area contributed by atoms with Crippen LogP contribution in [0.25, 0.3) is 0 Å².